The van der Waals surface area contributed by atoms with E-state index >= 15 is 0 Å². The molecule has 0 aliphatic heterocycles. The van der Waals surface area contributed by atoms with Crippen LogP contribution in [0.5, 0.6) is 5.75 Å². The Labute approximate surface area is 134 Å². The van der Waals surface area contributed by atoms with E-state index < -0.39 is 0 Å². The Bertz CT molecular complexity index is 631. The molecule has 1 aromatic carbocycles. The van der Waals surface area contributed by atoms with Gasteiger partial charge in [-0.25, -0.2) is 9.97 Å². The molecule has 0 saturated heterocycles. The van der Waals surface area contributed by atoms with Crippen molar-refractivity contribution in [2.45, 2.75) is 31.6 Å². The minimum atomic E-state index is 0.386. The minimum absolute atomic E-state index is 0.386. The van der Waals surface area contributed by atoms with Gasteiger partial charge < -0.3 is 4.74 Å². The van der Waals surface area contributed by atoms with E-state index in [2.05, 4.69) is 9.97 Å². The topological polar surface area (TPSA) is 35.0 Å². The molecule has 0 bridgehead atoms. The second kappa shape index (κ2) is 6.20. The van der Waals surface area contributed by atoms with Crippen LogP contribution in [-0.4, -0.2) is 17.1 Å². The molecule has 3 rings (SSSR count). The molecular formula is C16H16Cl2N2O. The van der Waals surface area contributed by atoms with Crippen LogP contribution in [0.2, 0.25) is 10.3 Å². The SMILES string of the molecule is COc1ccccc1-c1nc(Cl)c(C2CCCC2)c(Cl)n1. The lowest BCUT2D eigenvalue weighted by Gasteiger charge is -2.14. The molecule has 110 valence electrons. The van der Waals surface area contributed by atoms with Gasteiger partial charge in [-0.3, -0.25) is 0 Å². The first-order valence-corrected chi connectivity index (χ1v) is 7.82. The van der Waals surface area contributed by atoms with E-state index in [9.17, 15) is 0 Å². The summed E-state index contributed by atoms with van der Waals surface area (Å²) < 4.78 is 5.34. The molecule has 1 aromatic heterocycles. The lowest BCUT2D eigenvalue weighted by molar-refractivity contribution is 0.416. The molecule has 1 aliphatic rings. The predicted octanol–water partition coefficient (Wildman–Crippen LogP) is 5.12. The van der Waals surface area contributed by atoms with E-state index in [1.54, 1.807) is 7.11 Å². The summed E-state index contributed by atoms with van der Waals surface area (Å²) >= 11 is 12.8. The van der Waals surface area contributed by atoms with Gasteiger partial charge in [-0.2, -0.15) is 0 Å². The first kappa shape index (κ1) is 14.6. The Morgan fingerprint density at radius 1 is 1.05 bits per heavy atom. The molecule has 0 N–H and O–H groups in total. The molecule has 0 unspecified atom stereocenters. The third-order valence-electron chi connectivity index (χ3n) is 3.96. The molecular weight excluding hydrogens is 307 g/mol. The van der Waals surface area contributed by atoms with Crippen molar-refractivity contribution in [3.05, 3.63) is 40.1 Å². The smallest absolute Gasteiger partial charge is 0.166 e. The molecule has 1 saturated carbocycles. The van der Waals surface area contributed by atoms with Gasteiger partial charge in [0.15, 0.2) is 5.82 Å². The Hall–Kier alpha value is -1.32. The molecule has 0 spiro atoms. The summed E-state index contributed by atoms with van der Waals surface area (Å²) in [5.74, 6) is 1.60. The fourth-order valence-corrected chi connectivity index (χ4v) is 3.61. The Morgan fingerprint density at radius 3 is 2.29 bits per heavy atom. The summed E-state index contributed by atoms with van der Waals surface area (Å²) in [7, 11) is 1.62. The first-order chi connectivity index (χ1) is 10.2. The third kappa shape index (κ3) is 2.85. The predicted molar refractivity (Wildman–Crippen MR) is 85.2 cm³/mol. The molecule has 0 amide bonds. The largest absolute Gasteiger partial charge is 0.496 e. The molecule has 1 heterocycles. The first-order valence-electron chi connectivity index (χ1n) is 7.07. The highest BCUT2D eigenvalue weighted by Gasteiger charge is 2.25. The third-order valence-corrected chi connectivity index (χ3v) is 4.54. The number of benzene rings is 1. The lowest BCUT2D eigenvalue weighted by atomic mass is 10.0. The summed E-state index contributed by atoms with van der Waals surface area (Å²) in [6, 6.07) is 7.58. The number of methoxy groups -OCH3 is 1. The molecule has 0 atom stereocenters. The van der Waals surface area contributed by atoms with Crippen LogP contribution in [0.25, 0.3) is 11.4 Å². The zero-order valence-electron chi connectivity index (χ0n) is 11.8. The molecule has 21 heavy (non-hydrogen) atoms. The van der Waals surface area contributed by atoms with Gasteiger partial charge in [-0.15, -0.1) is 0 Å². The fourth-order valence-electron chi connectivity index (χ4n) is 2.92. The van der Waals surface area contributed by atoms with Crippen LogP contribution in [0, 0.1) is 0 Å². The number of ether oxygens (including phenoxy) is 1. The summed E-state index contributed by atoms with van der Waals surface area (Å²) in [6.07, 6.45) is 4.64. The highest BCUT2D eigenvalue weighted by atomic mass is 35.5. The molecule has 0 radical (unpaired) electrons. The van der Waals surface area contributed by atoms with Gasteiger partial charge in [-0.05, 0) is 30.9 Å². The van der Waals surface area contributed by atoms with Crippen LogP contribution in [0.1, 0.15) is 37.2 Å². The molecule has 1 fully saturated rings. The van der Waals surface area contributed by atoms with Gasteiger partial charge in [0, 0.05) is 5.56 Å². The number of rotatable bonds is 3. The highest BCUT2D eigenvalue weighted by molar-refractivity contribution is 6.34. The van der Waals surface area contributed by atoms with E-state index in [1.165, 1.54) is 12.8 Å². The average molecular weight is 323 g/mol. The van der Waals surface area contributed by atoms with E-state index in [-0.39, 0.29) is 0 Å². The van der Waals surface area contributed by atoms with Crippen LogP contribution >= 0.6 is 23.2 Å². The van der Waals surface area contributed by atoms with Crippen molar-refractivity contribution in [2.24, 2.45) is 0 Å². The van der Waals surface area contributed by atoms with E-state index in [0.717, 1.165) is 24.0 Å². The normalized spacial score (nSPS) is 15.4. The molecule has 2 aromatic rings. The number of para-hydroxylation sites is 1. The lowest BCUT2D eigenvalue weighted by Crippen LogP contribution is -2.02. The maximum atomic E-state index is 6.38. The van der Waals surface area contributed by atoms with Crippen molar-refractivity contribution >= 4 is 23.2 Å². The fraction of sp³-hybridized carbons (Fsp3) is 0.375. The van der Waals surface area contributed by atoms with Gasteiger partial charge in [0.05, 0.1) is 12.7 Å². The summed E-state index contributed by atoms with van der Waals surface area (Å²) in [4.78, 5) is 8.89. The highest BCUT2D eigenvalue weighted by Crippen LogP contribution is 2.41. The van der Waals surface area contributed by atoms with Crippen molar-refractivity contribution in [1.29, 1.82) is 0 Å². The number of hydrogen-bond acceptors (Lipinski definition) is 3. The minimum Gasteiger partial charge on any atom is -0.496 e. The second-order valence-corrected chi connectivity index (χ2v) is 5.94. The maximum absolute atomic E-state index is 6.38. The number of halogens is 2. The van der Waals surface area contributed by atoms with Crippen LogP contribution in [0.15, 0.2) is 24.3 Å². The van der Waals surface area contributed by atoms with Crippen molar-refractivity contribution in [3.63, 3.8) is 0 Å². The van der Waals surface area contributed by atoms with Gasteiger partial charge in [-0.1, -0.05) is 48.2 Å². The maximum Gasteiger partial charge on any atom is 0.166 e. The van der Waals surface area contributed by atoms with Gasteiger partial charge in [0.2, 0.25) is 0 Å². The Balaban J connectivity index is 2.05. The zero-order chi connectivity index (χ0) is 14.8. The average Bonchev–Trinajstić information content (AvgIpc) is 3.00. The van der Waals surface area contributed by atoms with Crippen LogP contribution in [0.4, 0.5) is 0 Å². The number of nitrogens with zero attached hydrogens (tertiary/aromatic N) is 2. The van der Waals surface area contributed by atoms with Gasteiger partial charge in [0.25, 0.3) is 0 Å². The molecule has 3 nitrogen and oxygen atoms in total. The molecule has 5 heteroatoms. The summed E-state index contributed by atoms with van der Waals surface area (Å²) in [5, 5.41) is 0.922. The molecule has 1 aliphatic carbocycles. The Morgan fingerprint density at radius 2 is 1.67 bits per heavy atom. The van der Waals surface area contributed by atoms with Gasteiger partial charge in [0.1, 0.15) is 16.1 Å². The monoisotopic (exact) mass is 322 g/mol. The zero-order valence-corrected chi connectivity index (χ0v) is 13.3. The quantitative estimate of drug-likeness (QED) is 0.736. The van der Waals surface area contributed by atoms with E-state index in [4.69, 9.17) is 27.9 Å². The van der Waals surface area contributed by atoms with Crippen LogP contribution in [-0.2, 0) is 0 Å². The van der Waals surface area contributed by atoms with Crippen LogP contribution in [0.3, 0.4) is 0 Å². The van der Waals surface area contributed by atoms with E-state index in [1.807, 2.05) is 24.3 Å². The summed E-state index contributed by atoms with van der Waals surface area (Å²) in [6.45, 7) is 0. The number of aromatic nitrogens is 2. The van der Waals surface area contributed by atoms with Crippen molar-refractivity contribution < 1.29 is 4.74 Å². The van der Waals surface area contributed by atoms with Crippen molar-refractivity contribution in [2.75, 3.05) is 7.11 Å². The number of hydrogen-bond donors (Lipinski definition) is 0. The summed E-state index contributed by atoms with van der Waals surface area (Å²) in [5.41, 5.74) is 1.69. The second-order valence-electron chi connectivity index (χ2n) is 5.22. The standard InChI is InChI=1S/C16H16Cl2N2O/c1-21-12-9-5-4-8-11(12)16-19-14(17)13(15(18)20-16)10-6-2-3-7-10/h4-5,8-10H,2-3,6-7H2,1H3. The Kier molecular flexibility index (Phi) is 4.32. The van der Waals surface area contributed by atoms with Crippen molar-refractivity contribution in [1.82, 2.24) is 9.97 Å². The van der Waals surface area contributed by atoms with E-state index in [0.29, 0.717) is 27.8 Å². The van der Waals surface area contributed by atoms with Gasteiger partial charge >= 0.3 is 0 Å². The van der Waals surface area contributed by atoms with Crippen molar-refractivity contribution in [3.8, 4) is 17.1 Å². The van der Waals surface area contributed by atoms with Crippen LogP contribution < -0.4 is 4.74 Å².